The molecular weight excluding hydrogens is 326 g/mol. The van der Waals surface area contributed by atoms with E-state index in [0.717, 1.165) is 13.0 Å². The molecule has 0 saturated carbocycles. The fourth-order valence-electron chi connectivity index (χ4n) is 3.80. The monoisotopic (exact) mass is 355 g/mol. The van der Waals surface area contributed by atoms with Crippen LogP contribution in [0.2, 0.25) is 0 Å². The molecular formula is C22H29NO3. The van der Waals surface area contributed by atoms with Crippen molar-refractivity contribution in [2.45, 2.75) is 71.6 Å². The number of carbonyl (C=O) groups excluding carboxylic acids is 1. The van der Waals surface area contributed by atoms with Crippen LogP contribution in [0.15, 0.2) is 30.3 Å². The molecule has 0 aliphatic carbocycles. The molecule has 0 radical (unpaired) electrons. The predicted molar refractivity (Wildman–Crippen MR) is 103 cm³/mol. The molecule has 1 saturated heterocycles. The number of hydrogen-bond acceptors (Lipinski definition) is 3. The molecule has 1 N–H and O–H groups in total. The molecule has 1 aliphatic heterocycles. The van der Waals surface area contributed by atoms with Crippen molar-refractivity contribution in [2.75, 3.05) is 0 Å². The van der Waals surface area contributed by atoms with Crippen molar-refractivity contribution < 1.29 is 14.6 Å². The number of aliphatic hydroxyl groups excluding tert-OH is 1. The molecule has 4 nitrogen and oxygen atoms in total. The Balaban J connectivity index is 1.88. The van der Waals surface area contributed by atoms with Gasteiger partial charge < -0.3 is 14.4 Å². The van der Waals surface area contributed by atoms with Crippen LogP contribution >= 0.6 is 0 Å². The number of ether oxygens (including phenoxy) is 1. The highest BCUT2D eigenvalue weighted by molar-refractivity contribution is 5.71. The summed E-state index contributed by atoms with van der Waals surface area (Å²) in [7, 11) is 0. The summed E-state index contributed by atoms with van der Waals surface area (Å²) >= 11 is 0. The second-order valence-corrected chi connectivity index (χ2v) is 7.76. The number of carbonyl (C=O) groups is 1. The molecule has 1 fully saturated rings. The van der Waals surface area contributed by atoms with E-state index in [1.807, 2.05) is 0 Å². The number of rotatable bonds is 5. The third-order valence-corrected chi connectivity index (χ3v) is 5.19. The lowest BCUT2D eigenvalue weighted by molar-refractivity contribution is -0.160. The van der Waals surface area contributed by atoms with Gasteiger partial charge in [0.05, 0.1) is 12.5 Å². The molecule has 2 heterocycles. The van der Waals surface area contributed by atoms with Gasteiger partial charge in [-0.3, -0.25) is 4.79 Å². The van der Waals surface area contributed by atoms with E-state index in [4.69, 9.17) is 4.74 Å². The van der Waals surface area contributed by atoms with E-state index in [0.29, 0.717) is 12.3 Å². The first-order chi connectivity index (χ1) is 12.3. The Labute approximate surface area is 155 Å². The van der Waals surface area contributed by atoms with Crippen LogP contribution in [0.5, 0.6) is 0 Å². The zero-order valence-corrected chi connectivity index (χ0v) is 16.2. The van der Waals surface area contributed by atoms with Gasteiger partial charge in [0.15, 0.2) is 0 Å². The summed E-state index contributed by atoms with van der Waals surface area (Å²) < 4.78 is 7.78. The molecule has 140 valence electrons. The SMILES string of the molecule is Cc1ccc(C)c(-c2ccc(C(C)C)n2CC[C@H]2C[C@H](O)CC(=O)O2)c1. The lowest BCUT2D eigenvalue weighted by Crippen LogP contribution is -2.33. The van der Waals surface area contributed by atoms with E-state index in [-0.39, 0.29) is 18.5 Å². The maximum atomic E-state index is 11.6. The molecule has 1 aliphatic rings. The van der Waals surface area contributed by atoms with Crippen LogP contribution in [0.1, 0.15) is 55.8 Å². The second-order valence-electron chi connectivity index (χ2n) is 7.76. The fraction of sp³-hybridized carbons (Fsp3) is 0.500. The lowest BCUT2D eigenvalue weighted by Gasteiger charge is -2.27. The number of nitrogens with zero attached hydrogens (tertiary/aromatic N) is 1. The van der Waals surface area contributed by atoms with Crippen molar-refractivity contribution in [3.8, 4) is 11.3 Å². The van der Waals surface area contributed by atoms with E-state index in [1.54, 1.807) is 0 Å². The zero-order chi connectivity index (χ0) is 18.8. The van der Waals surface area contributed by atoms with Gasteiger partial charge in [0.25, 0.3) is 0 Å². The van der Waals surface area contributed by atoms with E-state index in [9.17, 15) is 9.90 Å². The summed E-state index contributed by atoms with van der Waals surface area (Å²) in [4.78, 5) is 11.6. The number of aromatic nitrogens is 1. The first-order valence-electron chi connectivity index (χ1n) is 9.49. The minimum absolute atomic E-state index is 0.116. The van der Waals surface area contributed by atoms with Gasteiger partial charge in [-0.05, 0) is 43.5 Å². The van der Waals surface area contributed by atoms with Crippen molar-refractivity contribution in [2.24, 2.45) is 0 Å². The summed E-state index contributed by atoms with van der Waals surface area (Å²) in [6.45, 7) is 9.42. The third-order valence-electron chi connectivity index (χ3n) is 5.19. The molecule has 4 heteroatoms. The van der Waals surface area contributed by atoms with Gasteiger partial charge in [0.2, 0.25) is 0 Å². The zero-order valence-electron chi connectivity index (χ0n) is 16.2. The predicted octanol–water partition coefficient (Wildman–Crippen LogP) is 4.35. The van der Waals surface area contributed by atoms with E-state index >= 15 is 0 Å². The Morgan fingerprint density at radius 3 is 2.69 bits per heavy atom. The largest absolute Gasteiger partial charge is 0.462 e. The van der Waals surface area contributed by atoms with Crippen molar-refractivity contribution in [3.63, 3.8) is 0 Å². The van der Waals surface area contributed by atoms with Crippen LogP contribution in [-0.2, 0) is 16.1 Å². The van der Waals surface area contributed by atoms with Gasteiger partial charge >= 0.3 is 5.97 Å². The van der Waals surface area contributed by atoms with Crippen LogP contribution in [0.25, 0.3) is 11.3 Å². The van der Waals surface area contributed by atoms with Crippen molar-refractivity contribution in [1.29, 1.82) is 0 Å². The van der Waals surface area contributed by atoms with Crippen molar-refractivity contribution in [3.05, 3.63) is 47.2 Å². The van der Waals surface area contributed by atoms with Crippen LogP contribution in [0, 0.1) is 13.8 Å². The smallest absolute Gasteiger partial charge is 0.308 e. The standard InChI is InChI=1S/C22H29NO3/c1-14(2)20-7-8-21(19-11-15(3)5-6-16(19)4)23(20)10-9-18-12-17(24)13-22(25)26-18/h5-8,11,14,17-18,24H,9-10,12-13H2,1-4H3/t17-,18-/m0/s1. The number of aliphatic hydroxyl groups is 1. The number of aryl methyl sites for hydroxylation is 2. The Bertz CT molecular complexity index is 791. The maximum absolute atomic E-state index is 11.6. The highest BCUT2D eigenvalue weighted by Crippen LogP contribution is 2.31. The molecule has 1 aromatic carbocycles. The number of esters is 1. The van der Waals surface area contributed by atoms with Crippen LogP contribution in [0.3, 0.4) is 0 Å². The van der Waals surface area contributed by atoms with E-state index < -0.39 is 6.10 Å². The number of benzene rings is 1. The summed E-state index contributed by atoms with van der Waals surface area (Å²) in [6, 6.07) is 10.9. The Kier molecular flexibility index (Phi) is 5.52. The quantitative estimate of drug-likeness (QED) is 0.811. The first-order valence-corrected chi connectivity index (χ1v) is 9.49. The Morgan fingerprint density at radius 2 is 2.00 bits per heavy atom. The van der Waals surface area contributed by atoms with E-state index in [1.165, 1.54) is 28.1 Å². The van der Waals surface area contributed by atoms with Crippen molar-refractivity contribution >= 4 is 5.97 Å². The second kappa shape index (κ2) is 7.67. The molecule has 0 spiro atoms. The van der Waals surface area contributed by atoms with Gasteiger partial charge in [-0.1, -0.05) is 31.5 Å². The highest BCUT2D eigenvalue weighted by atomic mass is 16.5. The molecule has 0 bridgehead atoms. The van der Waals surface area contributed by atoms with Crippen LogP contribution in [0.4, 0.5) is 0 Å². The molecule has 0 amide bonds. The maximum Gasteiger partial charge on any atom is 0.308 e. The topological polar surface area (TPSA) is 51.5 Å². The third kappa shape index (κ3) is 4.01. The average molecular weight is 355 g/mol. The number of cyclic esters (lactones) is 1. The molecule has 2 atom stereocenters. The van der Waals surface area contributed by atoms with Gasteiger partial charge in [0.1, 0.15) is 6.10 Å². The summed E-state index contributed by atoms with van der Waals surface area (Å²) in [5, 5.41) is 9.84. The Morgan fingerprint density at radius 1 is 1.23 bits per heavy atom. The molecule has 2 aromatic rings. The van der Waals surface area contributed by atoms with Crippen LogP contribution in [-0.4, -0.2) is 27.9 Å². The highest BCUT2D eigenvalue weighted by Gasteiger charge is 2.27. The van der Waals surface area contributed by atoms with Gasteiger partial charge in [0, 0.05) is 36.3 Å². The summed E-state index contributed by atoms with van der Waals surface area (Å²) in [6.07, 6.45) is 0.581. The minimum atomic E-state index is -0.575. The average Bonchev–Trinajstić information content (AvgIpc) is 2.98. The van der Waals surface area contributed by atoms with Gasteiger partial charge in [-0.2, -0.15) is 0 Å². The Hall–Kier alpha value is -2.07. The molecule has 0 unspecified atom stereocenters. The van der Waals surface area contributed by atoms with Gasteiger partial charge in [-0.25, -0.2) is 0 Å². The minimum Gasteiger partial charge on any atom is -0.462 e. The normalized spacial score (nSPS) is 20.5. The summed E-state index contributed by atoms with van der Waals surface area (Å²) in [5.41, 5.74) is 6.23. The molecule has 26 heavy (non-hydrogen) atoms. The molecule has 1 aromatic heterocycles. The first kappa shape index (κ1) is 18.7. The molecule has 3 rings (SSSR count). The fourth-order valence-corrected chi connectivity index (χ4v) is 3.80. The van der Waals surface area contributed by atoms with E-state index in [2.05, 4.69) is 62.6 Å². The van der Waals surface area contributed by atoms with Crippen LogP contribution < -0.4 is 0 Å². The van der Waals surface area contributed by atoms with Crippen molar-refractivity contribution in [1.82, 2.24) is 4.57 Å². The number of hydrogen-bond donors (Lipinski definition) is 1. The van der Waals surface area contributed by atoms with Gasteiger partial charge in [-0.15, -0.1) is 0 Å². The lowest BCUT2D eigenvalue weighted by atomic mass is 10.0. The summed E-state index contributed by atoms with van der Waals surface area (Å²) in [5.74, 6) is 0.119.